The van der Waals surface area contributed by atoms with Gasteiger partial charge in [0.05, 0.1) is 26.9 Å². The lowest BCUT2D eigenvalue weighted by Gasteiger charge is -2.12. The van der Waals surface area contributed by atoms with E-state index >= 15 is 0 Å². The molecule has 0 aliphatic carbocycles. The van der Waals surface area contributed by atoms with Crippen molar-refractivity contribution in [2.24, 2.45) is 0 Å². The van der Waals surface area contributed by atoms with Gasteiger partial charge in [0.2, 0.25) is 5.95 Å². The van der Waals surface area contributed by atoms with Gasteiger partial charge in [-0.2, -0.15) is 0 Å². The molecule has 0 unspecified atom stereocenters. The van der Waals surface area contributed by atoms with Crippen molar-refractivity contribution in [3.8, 4) is 17.2 Å². The van der Waals surface area contributed by atoms with Crippen LogP contribution in [-0.4, -0.2) is 24.5 Å². The molecule has 5 heterocycles. The second kappa shape index (κ2) is 8.15. The Bertz CT molecular complexity index is 2440. The van der Waals surface area contributed by atoms with Gasteiger partial charge >= 0.3 is 0 Å². The number of hydrogen-bond acceptors (Lipinski definition) is 5. The van der Waals surface area contributed by atoms with Crippen LogP contribution in [0.4, 0.5) is 0 Å². The molecule has 9 aromatic rings. The highest BCUT2D eigenvalue weighted by molar-refractivity contribution is 7.26. The van der Waals surface area contributed by atoms with Crippen molar-refractivity contribution in [2.75, 3.05) is 0 Å². The average Bonchev–Trinajstić information content (AvgIpc) is 3.57. The highest BCUT2D eigenvalue weighted by Gasteiger charge is 2.21. The molecule has 40 heavy (non-hydrogen) atoms. The van der Waals surface area contributed by atoms with Crippen LogP contribution in [0.1, 0.15) is 0 Å². The summed E-state index contributed by atoms with van der Waals surface area (Å²) in [4.78, 5) is 20.4. The molecular weight excluding hydrogens is 510 g/mol. The van der Waals surface area contributed by atoms with Gasteiger partial charge < -0.3 is 0 Å². The standard InChI is InChI=1S/C34H19N5S/c1-2-10-20(11-3-1)29-23-14-4-7-15-26(23)37-34(38-29)39-27-16-8-5-12-21(27)24-18-36-31-30(32(24)39)35-19-25-22-13-6-9-17-28(22)40-33(25)31/h1-19H. The first-order chi connectivity index (χ1) is 19.8. The molecule has 0 aliphatic rings. The van der Waals surface area contributed by atoms with Gasteiger partial charge in [0, 0.05) is 49.6 Å². The van der Waals surface area contributed by atoms with Gasteiger partial charge in [-0.25, -0.2) is 9.97 Å². The summed E-state index contributed by atoms with van der Waals surface area (Å²) in [7, 11) is 0. The molecular formula is C34H19N5S. The Labute approximate surface area is 232 Å². The Morgan fingerprint density at radius 3 is 2.15 bits per heavy atom. The largest absolute Gasteiger partial charge is 0.276 e. The minimum atomic E-state index is 0.620. The summed E-state index contributed by atoms with van der Waals surface area (Å²) >= 11 is 1.77. The summed E-state index contributed by atoms with van der Waals surface area (Å²) in [6.07, 6.45) is 3.98. The van der Waals surface area contributed by atoms with E-state index in [1.807, 2.05) is 42.7 Å². The maximum atomic E-state index is 5.22. The van der Waals surface area contributed by atoms with Gasteiger partial charge in [-0.15, -0.1) is 11.3 Å². The summed E-state index contributed by atoms with van der Waals surface area (Å²) in [5, 5.41) is 5.51. The first-order valence-corrected chi connectivity index (χ1v) is 14.0. The number of rotatable bonds is 2. The fourth-order valence-electron chi connectivity index (χ4n) is 5.91. The van der Waals surface area contributed by atoms with E-state index in [2.05, 4.69) is 77.4 Å². The maximum absolute atomic E-state index is 5.22. The highest BCUT2D eigenvalue weighted by atomic mass is 32.1. The van der Waals surface area contributed by atoms with Gasteiger partial charge in [0.25, 0.3) is 0 Å². The Hall–Kier alpha value is -5.20. The normalized spacial score (nSPS) is 12.0. The number of para-hydroxylation sites is 2. The fourth-order valence-corrected chi connectivity index (χ4v) is 7.08. The summed E-state index contributed by atoms with van der Waals surface area (Å²) in [5.74, 6) is 0.620. The van der Waals surface area contributed by atoms with E-state index < -0.39 is 0 Å². The van der Waals surface area contributed by atoms with E-state index in [1.54, 1.807) is 11.3 Å². The third kappa shape index (κ3) is 2.96. The van der Waals surface area contributed by atoms with Gasteiger partial charge in [0.15, 0.2) is 0 Å². The highest BCUT2D eigenvalue weighted by Crippen LogP contribution is 2.41. The predicted octanol–water partition coefficient (Wildman–Crippen LogP) is 8.71. The zero-order chi connectivity index (χ0) is 26.2. The van der Waals surface area contributed by atoms with Crippen LogP contribution < -0.4 is 0 Å². The molecule has 0 radical (unpaired) electrons. The third-order valence-corrected chi connectivity index (χ3v) is 8.89. The molecule has 6 heteroatoms. The number of benzene rings is 4. The maximum Gasteiger partial charge on any atom is 0.235 e. The van der Waals surface area contributed by atoms with Crippen molar-refractivity contribution >= 4 is 75.3 Å². The number of nitrogens with zero attached hydrogens (tertiary/aromatic N) is 5. The van der Waals surface area contributed by atoms with E-state index in [0.717, 1.165) is 65.1 Å². The second-order valence-corrected chi connectivity index (χ2v) is 11.0. The Morgan fingerprint density at radius 2 is 1.25 bits per heavy atom. The van der Waals surface area contributed by atoms with Crippen LogP contribution in [0.2, 0.25) is 0 Å². The van der Waals surface area contributed by atoms with Crippen molar-refractivity contribution in [2.45, 2.75) is 0 Å². The molecule has 5 nitrogen and oxygen atoms in total. The van der Waals surface area contributed by atoms with Crippen LogP contribution in [0, 0.1) is 0 Å². The van der Waals surface area contributed by atoms with Gasteiger partial charge in [-0.3, -0.25) is 14.5 Å². The molecule has 0 saturated heterocycles. The van der Waals surface area contributed by atoms with Gasteiger partial charge in [0.1, 0.15) is 11.0 Å². The van der Waals surface area contributed by atoms with Gasteiger partial charge in [-0.1, -0.05) is 84.9 Å². The number of aromatic nitrogens is 5. The topological polar surface area (TPSA) is 56.5 Å². The zero-order valence-electron chi connectivity index (χ0n) is 21.1. The van der Waals surface area contributed by atoms with Crippen molar-refractivity contribution < 1.29 is 0 Å². The first-order valence-electron chi connectivity index (χ1n) is 13.2. The van der Waals surface area contributed by atoms with Crippen LogP contribution in [0.15, 0.2) is 116 Å². The monoisotopic (exact) mass is 529 g/mol. The van der Waals surface area contributed by atoms with E-state index in [4.69, 9.17) is 19.9 Å². The molecule has 0 amide bonds. The lowest BCUT2D eigenvalue weighted by atomic mass is 10.1. The second-order valence-electron chi connectivity index (χ2n) is 9.92. The van der Waals surface area contributed by atoms with Crippen LogP contribution in [0.3, 0.4) is 0 Å². The minimum absolute atomic E-state index is 0.620. The number of hydrogen-bond donors (Lipinski definition) is 0. The van der Waals surface area contributed by atoms with Crippen molar-refractivity contribution in [3.63, 3.8) is 0 Å². The molecule has 5 aromatic heterocycles. The van der Waals surface area contributed by atoms with E-state index in [9.17, 15) is 0 Å². The van der Waals surface area contributed by atoms with Crippen molar-refractivity contribution in [1.82, 2.24) is 24.5 Å². The molecule has 0 saturated carbocycles. The number of pyridine rings is 2. The third-order valence-electron chi connectivity index (χ3n) is 7.70. The molecule has 186 valence electrons. The van der Waals surface area contributed by atoms with Crippen molar-refractivity contribution in [3.05, 3.63) is 116 Å². The fraction of sp³-hybridized carbons (Fsp3) is 0. The Kier molecular flexibility index (Phi) is 4.42. The van der Waals surface area contributed by atoms with Crippen LogP contribution >= 0.6 is 11.3 Å². The van der Waals surface area contributed by atoms with E-state index in [-0.39, 0.29) is 0 Å². The van der Waals surface area contributed by atoms with Crippen LogP contribution in [0.5, 0.6) is 0 Å². The molecule has 4 aromatic carbocycles. The lowest BCUT2D eigenvalue weighted by Crippen LogP contribution is -2.04. The van der Waals surface area contributed by atoms with Crippen LogP contribution in [-0.2, 0) is 0 Å². The van der Waals surface area contributed by atoms with E-state index in [1.165, 1.54) is 10.1 Å². The summed E-state index contributed by atoms with van der Waals surface area (Å²) in [6, 6.07) is 35.4. The molecule has 0 N–H and O–H groups in total. The minimum Gasteiger partial charge on any atom is -0.276 e. The van der Waals surface area contributed by atoms with E-state index in [0.29, 0.717) is 5.95 Å². The Morgan fingerprint density at radius 1 is 0.550 bits per heavy atom. The average molecular weight is 530 g/mol. The molecule has 0 fully saturated rings. The first kappa shape index (κ1) is 21.7. The molecule has 9 rings (SSSR count). The van der Waals surface area contributed by atoms with Crippen LogP contribution in [0.25, 0.3) is 81.1 Å². The smallest absolute Gasteiger partial charge is 0.235 e. The molecule has 0 atom stereocenters. The number of fused-ring (bicyclic) bond motifs is 10. The Balaban J connectivity index is 1.45. The zero-order valence-corrected chi connectivity index (χ0v) is 21.9. The summed E-state index contributed by atoms with van der Waals surface area (Å²) in [6.45, 7) is 0. The SMILES string of the molecule is c1ccc(-c2nc(-n3c4ccccc4c4cnc5c(ncc6c7ccccc7sc65)c43)nc3ccccc23)cc1. The molecule has 0 bridgehead atoms. The lowest BCUT2D eigenvalue weighted by molar-refractivity contribution is 1.01. The summed E-state index contributed by atoms with van der Waals surface area (Å²) in [5.41, 5.74) is 6.62. The molecule has 0 spiro atoms. The number of thiophene rings is 1. The quantitative estimate of drug-likeness (QED) is 0.225. The molecule has 0 aliphatic heterocycles. The summed E-state index contributed by atoms with van der Waals surface area (Å²) < 4.78 is 4.55. The van der Waals surface area contributed by atoms with Crippen molar-refractivity contribution in [1.29, 1.82) is 0 Å². The van der Waals surface area contributed by atoms with Gasteiger partial charge in [-0.05, 0) is 18.2 Å². The predicted molar refractivity (Wildman–Crippen MR) is 165 cm³/mol.